The summed E-state index contributed by atoms with van der Waals surface area (Å²) in [6.45, 7) is 3.90. The van der Waals surface area contributed by atoms with Gasteiger partial charge in [0.2, 0.25) is 5.91 Å². The van der Waals surface area contributed by atoms with Crippen LogP contribution in [0.15, 0.2) is 36.4 Å². The molecule has 0 radical (unpaired) electrons. The van der Waals surface area contributed by atoms with Crippen LogP contribution in [-0.2, 0) is 11.3 Å². The highest BCUT2D eigenvalue weighted by molar-refractivity contribution is 6.30. The summed E-state index contributed by atoms with van der Waals surface area (Å²) in [4.78, 5) is 16.7. The van der Waals surface area contributed by atoms with E-state index in [-0.39, 0.29) is 17.6 Å². The standard InChI is InChI=1S/C21H25ClN2O3/c1-14(12-23(2)3)21(26)24-7-8-27-20-17(13-24)9-16(11-19(20)25)15-5-4-6-18(22)10-15/h4-6,9-11,14,25H,7-8,12-13H2,1-3H3/t14-/m1/s1. The van der Waals surface area contributed by atoms with Gasteiger partial charge in [0.1, 0.15) is 6.61 Å². The number of amides is 1. The Hall–Kier alpha value is -2.24. The van der Waals surface area contributed by atoms with Crippen molar-refractivity contribution in [1.82, 2.24) is 9.80 Å². The molecule has 144 valence electrons. The van der Waals surface area contributed by atoms with Gasteiger partial charge in [0.25, 0.3) is 0 Å². The first-order valence-electron chi connectivity index (χ1n) is 9.03. The predicted octanol–water partition coefficient (Wildman–Crippen LogP) is 3.63. The smallest absolute Gasteiger partial charge is 0.227 e. The molecule has 27 heavy (non-hydrogen) atoms. The molecule has 2 aromatic rings. The monoisotopic (exact) mass is 388 g/mol. The third-order valence-electron chi connectivity index (χ3n) is 4.65. The van der Waals surface area contributed by atoms with E-state index >= 15 is 0 Å². The number of hydrogen-bond acceptors (Lipinski definition) is 4. The van der Waals surface area contributed by atoms with Gasteiger partial charge in [-0.1, -0.05) is 30.7 Å². The van der Waals surface area contributed by atoms with Crippen molar-refractivity contribution in [2.24, 2.45) is 5.92 Å². The minimum Gasteiger partial charge on any atom is -0.504 e. The van der Waals surface area contributed by atoms with E-state index in [1.165, 1.54) is 0 Å². The Morgan fingerprint density at radius 3 is 2.78 bits per heavy atom. The van der Waals surface area contributed by atoms with Crippen LogP contribution < -0.4 is 4.74 Å². The zero-order chi connectivity index (χ0) is 19.6. The van der Waals surface area contributed by atoms with Gasteiger partial charge in [-0.15, -0.1) is 0 Å². The number of aromatic hydroxyl groups is 1. The summed E-state index contributed by atoms with van der Waals surface area (Å²) in [5, 5.41) is 11.1. The zero-order valence-electron chi connectivity index (χ0n) is 15.9. The fraction of sp³-hybridized carbons (Fsp3) is 0.381. The second kappa shape index (κ2) is 8.19. The van der Waals surface area contributed by atoms with Crippen molar-refractivity contribution >= 4 is 17.5 Å². The summed E-state index contributed by atoms with van der Waals surface area (Å²) in [6, 6.07) is 11.1. The zero-order valence-corrected chi connectivity index (χ0v) is 16.7. The molecule has 0 saturated heterocycles. The Kier molecular flexibility index (Phi) is 5.92. The fourth-order valence-corrected chi connectivity index (χ4v) is 3.65. The average molecular weight is 389 g/mol. The molecule has 0 aliphatic carbocycles. The molecule has 1 amide bonds. The Morgan fingerprint density at radius 1 is 1.30 bits per heavy atom. The number of ether oxygens (including phenoxy) is 1. The van der Waals surface area contributed by atoms with Crippen molar-refractivity contribution in [2.75, 3.05) is 33.8 Å². The number of nitrogens with zero attached hydrogens (tertiary/aromatic N) is 2. The lowest BCUT2D eigenvalue weighted by molar-refractivity contribution is -0.136. The van der Waals surface area contributed by atoms with Gasteiger partial charge in [-0.2, -0.15) is 0 Å². The van der Waals surface area contributed by atoms with Crippen molar-refractivity contribution in [3.05, 3.63) is 47.0 Å². The van der Waals surface area contributed by atoms with Crippen molar-refractivity contribution in [1.29, 1.82) is 0 Å². The molecule has 2 aromatic carbocycles. The molecule has 0 spiro atoms. The van der Waals surface area contributed by atoms with Crippen LogP contribution in [-0.4, -0.2) is 54.6 Å². The third kappa shape index (κ3) is 4.54. The summed E-state index contributed by atoms with van der Waals surface area (Å²) >= 11 is 6.10. The van der Waals surface area contributed by atoms with E-state index < -0.39 is 0 Å². The minimum atomic E-state index is -0.105. The molecule has 0 bridgehead atoms. The molecule has 1 N–H and O–H groups in total. The minimum absolute atomic E-state index is 0.0816. The molecular formula is C21H25ClN2O3. The molecule has 0 aromatic heterocycles. The molecule has 1 aliphatic rings. The van der Waals surface area contributed by atoms with Crippen LogP contribution in [0.5, 0.6) is 11.5 Å². The maximum atomic E-state index is 12.8. The average Bonchev–Trinajstić information content (AvgIpc) is 2.83. The van der Waals surface area contributed by atoms with E-state index in [9.17, 15) is 9.90 Å². The predicted molar refractivity (Wildman–Crippen MR) is 107 cm³/mol. The van der Waals surface area contributed by atoms with E-state index in [1.807, 2.05) is 56.3 Å². The van der Waals surface area contributed by atoms with E-state index in [0.29, 0.717) is 37.0 Å². The number of carbonyl (C=O) groups excluding carboxylic acids is 1. The molecule has 1 atom stereocenters. The van der Waals surface area contributed by atoms with Gasteiger partial charge in [-0.05, 0) is 49.5 Å². The van der Waals surface area contributed by atoms with E-state index in [1.54, 1.807) is 11.0 Å². The van der Waals surface area contributed by atoms with Crippen LogP contribution in [0.3, 0.4) is 0 Å². The first-order valence-corrected chi connectivity index (χ1v) is 9.41. The van der Waals surface area contributed by atoms with Crippen molar-refractivity contribution in [3.8, 4) is 22.6 Å². The Bertz CT molecular complexity index is 838. The van der Waals surface area contributed by atoms with Crippen LogP contribution in [0.2, 0.25) is 5.02 Å². The van der Waals surface area contributed by atoms with Gasteiger partial charge >= 0.3 is 0 Å². The number of halogens is 1. The molecule has 1 aliphatic heterocycles. The molecule has 3 rings (SSSR count). The second-order valence-corrected chi connectivity index (χ2v) is 7.70. The van der Waals surface area contributed by atoms with Crippen LogP contribution in [0.25, 0.3) is 11.1 Å². The quantitative estimate of drug-likeness (QED) is 0.868. The Labute approximate surface area is 165 Å². The number of phenolic OH excluding ortho intramolecular Hbond substituents is 1. The molecule has 0 fully saturated rings. The van der Waals surface area contributed by atoms with E-state index in [4.69, 9.17) is 16.3 Å². The summed E-state index contributed by atoms with van der Waals surface area (Å²) < 4.78 is 5.75. The number of phenols is 1. The van der Waals surface area contributed by atoms with Crippen LogP contribution >= 0.6 is 11.6 Å². The summed E-state index contributed by atoms with van der Waals surface area (Å²) in [5.74, 6) is 0.522. The molecule has 6 heteroatoms. The number of benzene rings is 2. The molecule has 5 nitrogen and oxygen atoms in total. The van der Waals surface area contributed by atoms with Gasteiger partial charge in [-0.25, -0.2) is 0 Å². The van der Waals surface area contributed by atoms with Crippen LogP contribution in [0, 0.1) is 5.92 Å². The lowest BCUT2D eigenvalue weighted by Gasteiger charge is -2.25. The maximum Gasteiger partial charge on any atom is 0.227 e. The first-order chi connectivity index (χ1) is 12.8. The number of rotatable bonds is 4. The lowest BCUT2D eigenvalue weighted by atomic mass is 10.0. The SMILES string of the molecule is C[C@H](CN(C)C)C(=O)N1CCOc2c(O)cc(-c3cccc(Cl)c3)cc2C1. The van der Waals surface area contributed by atoms with E-state index in [2.05, 4.69) is 0 Å². The molecular weight excluding hydrogens is 364 g/mol. The fourth-order valence-electron chi connectivity index (χ4n) is 3.46. The largest absolute Gasteiger partial charge is 0.504 e. The van der Waals surface area contributed by atoms with Gasteiger partial charge in [0.05, 0.1) is 6.54 Å². The lowest BCUT2D eigenvalue weighted by Crippen LogP contribution is -2.39. The molecule has 0 unspecified atom stereocenters. The van der Waals surface area contributed by atoms with Crippen molar-refractivity contribution in [2.45, 2.75) is 13.5 Å². The van der Waals surface area contributed by atoms with Gasteiger partial charge < -0.3 is 19.6 Å². The number of fused-ring (bicyclic) bond motifs is 1. The molecule has 1 heterocycles. The normalized spacial score (nSPS) is 15.1. The highest BCUT2D eigenvalue weighted by Crippen LogP contribution is 2.38. The van der Waals surface area contributed by atoms with E-state index in [0.717, 1.165) is 16.7 Å². The van der Waals surface area contributed by atoms with Crippen molar-refractivity contribution < 1.29 is 14.6 Å². The van der Waals surface area contributed by atoms with Gasteiger partial charge in [0.15, 0.2) is 11.5 Å². The first kappa shape index (κ1) is 19.5. The van der Waals surface area contributed by atoms with Gasteiger partial charge in [-0.3, -0.25) is 4.79 Å². The third-order valence-corrected chi connectivity index (χ3v) is 4.88. The van der Waals surface area contributed by atoms with Crippen LogP contribution in [0.4, 0.5) is 0 Å². The topological polar surface area (TPSA) is 53.0 Å². The maximum absolute atomic E-state index is 12.8. The molecule has 0 saturated carbocycles. The van der Waals surface area contributed by atoms with Gasteiger partial charge in [0, 0.05) is 29.6 Å². The Morgan fingerprint density at radius 2 is 2.07 bits per heavy atom. The Balaban J connectivity index is 1.91. The second-order valence-electron chi connectivity index (χ2n) is 7.27. The summed E-state index contributed by atoms with van der Waals surface area (Å²) in [5.41, 5.74) is 2.55. The van der Waals surface area contributed by atoms with Crippen molar-refractivity contribution in [3.63, 3.8) is 0 Å². The summed E-state index contributed by atoms with van der Waals surface area (Å²) in [6.07, 6.45) is 0. The number of carbonyl (C=O) groups is 1. The highest BCUT2D eigenvalue weighted by Gasteiger charge is 2.26. The summed E-state index contributed by atoms with van der Waals surface area (Å²) in [7, 11) is 3.92. The highest BCUT2D eigenvalue weighted by atomic mass is 35.5. The number of hydrogen-bond donors (Lipinski definition) is 1. The van der Waals surface area contributed by atoms with Crippen LogP contribution in [0.1, 0.15) is 12.5 Å².